The van der Waals surface area contributed by atoms with Crippen LogP contribution >= 0.6 is 0 Å². The molecule has 5 rings (SSSR count). The second kappa shape index (κ2) is 10.5. The van der Waals surface area contributed by atoms with Crippen LogP contribution in [0.5, 0.6) is 5.88 Å². The maximum atomic E-state index is 16.5. The molecule has 4 aromatic rings. The first kappa shape index (κ1) is 28.7. The molecule has 15 heteroatoms. The maximum absolute atomic E-state index is 16.5. The highest BCUT2D eigenvalue weighted by Gasteiger charge is 2.41. The number of anilines is 2. The van der Waals surface area contributed by atoms with E-state index in [9.17, 15) is 22.4 Å². The number of aliphatic imine (C=N–C) groups is 1. The number of aromatic amines is 1. The Bertz CT molecular complexity index is 1740. The van der Waals surface area contributed by atoms with Gasteiger partial charge in [-0.1, -0.05) is 0 Å². The highest BCUT2D eigenvalue weighted by molar-refractivity contribution is 6.09. The molecule has 4 heterocycles. The van der Waals surface area contributed by atoms with Crippen molar-refractivity contribution in [3.05, 3.63) is 58.4 Å². The molecule has 1 unspecified atom stereocenters. The van der Waals surface area contributed by atoms with Gasteiger partial charge in [0.15, 0.2) is 5.82 Å². The van der Waals surface area contributed by atoms with Crippen molar-refractivity contribution in [2.24, 2.45) is 4.99 Å². The van der Waals surface area contributed by atoms with E-state index in [1.165, 1.54) is 26.1 Å². The SMILES string of the molecule is CN=C1c2c(nc(-c3c(C(F)(F)F)c(C)cc4[nH]ncc34)c(F)c2NC=O)OC[C@H](C)N1C(C)c1cc(F)cnc1N. The maximum Gasteiger partial charge on any atom is 0.417 e. The van der Waals surface area contributed by atoms with Gasteiger partial charge in [-0.2, -0.15) is 18.3 Å². The molecule has 0 saturated carbocycles. The molecule has 1 aliphatic rings. The first-order valence-corrected chi connectivity index (χ1v) is 12.7. The zero-order chi connectivity index (χ0) is 30.5. The van der Waals surface area contributed by atoms with Crippen molar-refractivity contribution < 1.29 is 31.5 Å². The summed E-state index contributed by atoms with van der Waals surface area (Å²) in [7, 11) is 1.40. The third kappa shape index (κ3) is 4.63. The lowest BCUT2D eigenvalue weighted by molar-refractivity contribution is -0.137. The van der Waals surface area contributed by atoms with Gasteiger partial charge in [-0.15, -0.1) is 0 Å². The van der Waals surface area contributed by atoms with Gasteiger partial charge < -0.3 is 20.7 Å². The normalized spacial score (nSPS) is 17.1. The van der Waals surface area contributed by atoms with Crippen LogP contribution in [-0.2, 0) is 11.0 Å². The fourth-order valence-corrected chi connectivity index (χ4v) is 5.41. The number of H-pyrrole nitrogens is 1. The Kier molecular flexibility index (Phi) is 7.20. The smallest absolute Gasteiger partial charge is 0.417 e. The number of nitrogens with one attached hydrogen (secondary N) is 2. The van der Waals surface area contributed by atoms with Crippen LogP contribution in [0.4, 0.5) is 33.5 Å². The quantitative estimate of drug-likeness (QED) is 0.221. The number of halogens is 5. The van der Waals surface area contributed by atoms with Crippen LogP contribution in [0, 0.1) is 18.6 Å². The van der Waals surface area contributed by atoms with Gasteiger partial charge in [0.05, 0.1) is 41.2 Å². The summed E-state index contributed by atoms with van der Waals surface area (Å²) in [6, 6.07) is 1.25. The molecule has 3 aromatic heterocycles. The Balaban J connectivity index is 1.80. The van der Waals surface area contributed by atoms with Crippen LogP contribution in [-0.4, -0.2) is 57.0 Å². The minimum absolute atomic E-state index is 0.0352. The predicted molar refractivity (Wildman–Crippen MR) is 145 cm³/mol. The van der Waals surface area contributed by atoms with Crippen LogP contribution in [0.15, 0.2) is 29.5 Å². The molecule has 0 radical (unpaired) electrons. The average Bonchev–Trinajstić information content (AvgIpc) is 3.34. The Hall–Kier alpha value is -4.82. The minimum atomic E-state index is -4.89. The number of amidine groups is 1. The zero-order valence-electron chi connectivity index (χ0n) is 22.8. The van der Waals surface area contributed by atoms with Crippen LogP contribution in [0.1, 0.15) is 42.1 Å². The zero-order valence-corrected chi connectivity index (χ0v) is 22.8. The van der Waals surface area contributed by atoms with E-state index < -0.39 is 52.4 Å². The molecule has 0 spiro atoms. The summed E-state index contributed by atoms with van der Waals surface area (Å²) in [5, 5.41) is 8.68. The predicted octanol–water partition coefficient (Wildman–Crippen LogP) is 5.00. The monoisotopic (exact) mass is 588 g/mol. The Labute approximate surface area is 235 Å². The molecule has 0 saturated heterocycles. The summed E-state index contributed by atoms with van der Waals surface area (Å²) in [5.41, 5.74) is 3.37. The molecule has 2 atom stereocenters. The summed E-state index contributed by atoms with van der Waals surface area (Å²) < 4.78 is 79.7. The van der Waals surface area contributed by atoms with Crippen LogP contribution in [0.25, 0.3) is 22.2 Å². The van der Waals surface area contributed by atoms with E-state index in [4.69, 9.17) is 10.5 Å². The fraction of sp³-hybridized carbons (Fsp3) is 0.296. The number of hydrogen-bond acceptors (Lipinski definition) is 7. The molecule has 10 nitrogen and oxygen atoms in total. The van der Waals surface area contributed by atoms with Gasteiger partial charge in [-0.05, 0) is 38.5 Å². The number of carbonyl (C=O) groups excluding carboxylic acids is 1. The molecular weight excluding hydrogens is 563 g/mol. The van der Waals surface area contributed by atoms with Gasteiger partial charge in [0.1, 0.15) is 35.3 Å². The molecule has 220 valence electrons. The summed E-state index contributed by atoms with van der Waals surface area (Å²) in [6.07, 6.45) is -2.60. The van der Waals surface area contributed by atoms with Gasteiger partial charge >= 0.3 is 6.18 Å². The van der Waals surface area contributed by atoms with Crippen molar-refractivity contribution in [3.63, 3.8) is 0 Å². The first-order chi connectivity index (χ1) is 19.9. The number of rotatable bonds is 5. The van der Waals surface area contributed by atoms with E-state index in [-0.39, 0.29) is 52.6 Å². The Morgan fingerprint density at radius 2 is 2.00 bits per heavy atom. The average molecular weight is 589 g/mol. The highest BCUT2D eigenvalue weighted by Crippen LogP contribution is 2.46. The number of ether oxygens (including phenoxy) is 1. The van der Waals surface area contributed by atoms with Crippen molar-refractivity contribution in [2.45, 2.75) is 39.0 Å². The molecule has 1 aromatic carbocycles. The number of alkyl halides is 3. The molecule has 0 aliphatic carbocycles. The summed E-state index contributed by atoms with van der Waals surface area (Å²) >= 11 is 0. The van der Waals surface area contributed by atoms with Crippen LogP contribution in [0.2, 0.25) is 0 Å². The molecule has 0 bridgehead atoms. The minimum Gasteiger partial charge on any atom is -0.475 e. The number of hydrogen-bond donors (Lipinski definition) is 3. The third-order valence-corrected chi connectivity index (χ3v) is 7.17. The van der Waals surface area contributed by atoms with E-state index in [0.717, 1.165) is 12.4 Å². The Morgan fingerprint density at radius 3 is 2.67 bits per heavy atom. The summed E-state index contributed by atoms with van der Waals surface area (Å²) in [6.45, 7) is 4.60. The number of fused-ring (bicyclic) bond motifs is 2. The highest BCUT2D eigenvalue weighted by atomic mass is 19.4. The topological polar surface area (TPSA) is 134 Å². The lowest BCUT2D eigenvalue weighted by Crippen LogP contribution is -2.42. The lowest BCUT2D eigenvalue weighted by Gasteiger charge is -2.36. The molecule has 1 amide bonds. The molecule has 0 fully saturated rings. The second-order valence-electron chi connectivity index (χ2n) is 9.78. The fourth-order valence-electron chi connectivity index (χ4n) is 5.41. The molecule has 4 N–H and O–H groups in total. The number of carbonyl (C=O) groups is 1. The summed E-state index contributed by atoms with van der Waals surface area (Å²) in [5.74, 6) is -2.04. The van der Waals surface area contributed by atoms with E-state index >= 15 is 4.39 Å². The van der Waals surface area contributed by atoms with Crippen molar-refractivity contribution in [2.75, 3.05) is 24.7 Å². The van der Waals surface area contributed by atoms with Gasteiger partial charge in [0.2, 0.25) is 12.3 Å². The van der Waals surface area contributed by atoms with Gasteiger partial charge in [-0.25, -0.2) is 18.7 Å². The molecular formula is C27H25F5N8O2. The number of benzene rings is 1. The molecule has 1 aliphatic heterocycles. The van der Waals surface area contributed by atoms with Gasteiger partial charge in [0.25, 0.3) is 0 Å². The van der Waals surface area contributed by atoms with Crippen molar-refractivity contribution in [1.29, 1.82) is 0 Å². The number of aromatic nitrogens is 4. The van der Waals surface area contributed by atoms with Crippen molar-refractivity contribution in [3.8, 4) is 17.1 Å². The van der Waals surface area contributed by atoms with E-state index in [1.807, 2.05) is 0 Å². The largest absolute Gasteiger partial charge is 0.475 e. The number of aryl methyl sites for hydroxylation is 1. The van der Waals surface area contributed by atoms with E-state index in [0.29, 0.717) is 5.56 Å². The number of pyridine rings is 2. The first-order valence-electron chi connectivity index (χ1n) is 12.7. The van der Waals surface area contributed by atoms with Gasteiger partial charge in [-0.3, -0.25) is 14.9 Å². The standard InChI is InChI=1S/C27H25F5N8O2/c1-11-5-17-16(8-37-39-17)18(20(11)27(30,31)32)23-21(29)22(36-10-41)19-25(34-4)40(12(2)9-42-26(19)38-23)13(3)15-6-14(28)7-35-24(15)33/h5-8,10,12-13H,9H2,1-4H3,(H2,33,35)(H,37,39)(H,36,38,41)/t12-,13?/m0/s1. The number of nitrogens with zero attached hydrogens (tertiary/aromatic N) is 5. The van der Waals surface area contributed by atoms with Crippen LogP contribution in [0.3, 0.4) is 0 Å². The lowest BCUT2D eigenvalue weighted by atomic mass is 9.93. The van der Waals surface area contributed by atoms with E-state index in [2.05, 4.69) is 30.5 Å². The van der Waals surface area contributed by atoms with Crippen LogP contribution < -0.4 is 15.8 Å². The van der Waals surface area contributed by atoms with E-state index in [1.54, 1.807) is 18.7 Å². The third-order valence-electron chi connectivity index (χ3n) is 7.17. The Morgan fingerprint density at radius 1 is 1.26 bits per heavy atom. The molecule has 42 heavy (non-hydrogen) atoms. The summed E-state index contributed by atoms with van der Waals surface area (Å²) in [4.78, 5) is 25.9. The van der Waals surface area contributed by atoms with Gasteiger partial charge in [0, 0.05) is 23.6 Å². The number of amides is 1. The van der Waals surface area contributed by atoms with Crippen molar-refractivity contribution >= 4 is 34.7 Å². The second-order valence-corrected chi connectivity index (χ2v) is 9.78. The van der Waals surface area contributed by atoms with Crippen molar-refractivity contribution in [1.82, 2.24) is 25.1 Å². The number of nitrogen functional groups attached to an aromatic ring is 1. The number of nitrogens with two attached hydrogens (primary N) is 1.